The van der Waals surface area contributed by atoms with Crippen LogP contribution in [0.5, 0.6) is 0 Å². The summed E-state index contributed by atoms with van der Waals surface area (Å²) in [6, 6.07) is 8.10. The maximum absolute atomic E-state index is 12.2. The van der Waals surface area contributed by atoms with Gasteiger partial charge >= 0.3 is 6.03 Å². The Hall–Kier alpha value is -2.56. The molecular formula is C18H23N3O4. The number of amides is 3. The van der Waals surface area contributed by atoms with Gasteiger partial charge in [0.1, 0.15) is 6.04 Å². The van der Waals surface area contributed by atoms with Crippen LogP contribution < -0.4 is 10.8 Å². The van der Waals surface area contributed by atoms with E-state index < -0.39 is 24.1 Å². The predicted octanol–water partition coefficient (Wildman–Crippen LogP) is 0.714. The Morgan fingerprint density at radius 3 is 2.44 bits per heavy atom. The molecule has 7 nitrogen and oxygen atoms in total. The van der Waals surface area contributed by atoms with Gasteiger partial charge in [0.2, 0.25) is 0 Å². The van der Waals surface area contributed by atoms with Gasteiger partial charge in [-0.25, -0.2) is 10.3 Å². The van der Waals surface area contributed by atoms with Crippen molar-refractivity contribution < 1.29 is 19.9 Å². The number of carbonyl (C=O) groups is 2. The number of aliphatic hydroxyl groups excluding tert-OH is 1. The lowest BCUT2D eigenvalue weighted by Crippen LogP contribution is -2.56. The first kappa shape index (κ1) is 18.8. The Kier molecular flexibility index (Phi) is 6.81. The van der Waals surface area contributed by atoms with Crippen molar-refractivity contribution in [2.24, 2.45) is 5.92 Å². The Bertz CT molecular complexity index is 643. The van der Waals surface area contributed by atoms with Crippen LogP contribution in [-0.2, 0) is 4.79 Å². The number of carbonyl (C=O) groups excluding carboxylic acids is 2. The van der Waals surface area contributed by atoms with E-state index in [2.05, 4.69) is 17.2 Å². The van der Waals surface area contributed by atoms with E-state index in [9.17, 15) is 14.7 Å². The summed E-state index contributed by atoms with van der Waals surface area (Å²) in [7, 11) is 0. The third-order valence-corrected chi connectivity index (χ3v) is 4.13. The van der Waals surface area contributed by atoms with Crippen molar-refractivity contribution in [3.63, 3.8) is 0 Å². The first-order chi connectivity index (χ1) is 12.0. The number of hydroxylamine groups is 1. The lowest BCUT2D eigenvalue weighted by atomic mass is 9.97. The second-order valence-corrected chi connectivity index (χ2v) is 6.04. The molecule has 0 aliphatic carbocycles. The summed E-state index contributed by atoms with van der Waals surface area (Å²) in [6.45, 7) is 2.41. The van der Waals surface area contributed by atoms with Crippen molar-refractivity contribution in [2.75, 3.05) is 13.1 Å². The number of rotatable bonds is 3. The van der Waals surface area contributed by atoms with Gasteiger partial charge in [-0.15, -0.1) is 0 Å². The van der Waals surface area contributed by atoms with E-state index in [4.69, 9.17) is 5.21 Å². The monoisotopic (exact) mass is 345 g/mol. The van der Waals surface area contributed by atoms with Gasteiger partial charge in [0, 0.05) is 24.6 Å². The van der Waals surface area contributed by atoms with E-state index in [1.54, 1.807) is 4.90 Å². The topological polar surface area (TPSA) is 102 Å². The molecule has 1 aliphatic heterocycles. The van der Waals surface area contributed by atoms with Gasteiger partial charge in [0.25, 0.3) is 5.91 Å². The average molecular weight is 345 g/mol. The second-order valence-electron chi connectivity index (χ2n) is 6.04. The molecule has 134 valence electrons. The van der Waals surface area contributed by atoms with Crippen molar-refractivity contribution in [2.45, 2.75) is 31.9 Å². The van der Waals surface area contributed by atoms with Gasteiger partial charge in [0.15, 0.2) is 0 Å². The smallest absolute Gasteiger partial charge is 0.318 e. The third kappa shape index (κ3) is 5.48. The average Bonchev–Trinajstić information content (AvgIpc) is 2.64. The highest BCUT2D eigenvalue weighted by Crippen LogP contribution is 2.16. The number of hydrogen-bond acceptors (Lipinski definition) is 4. The molecular weight excluding hydrogens is 322 g/mol. The summed E-state index contributed by atoms with van der Waals surface area (Å²) in [6.07, 6.45) is 0.378. The summed E-state index contributed by atoms with van der Waals surface area (Å²) in [5.74, 6) is 5.75. The summed E-state index contributed by atoms with van der Waals surface area (Å²) < 4.78 is 0. The fourth-order valence-electron chi connectivity index (χ4n) is 2.63. The van der Waals surface area contributed by atoms with Gasteiger partial charge in [-0.3, -0.25) is 10.0 Å². The second kappa shape index (κ2) is 9.06. The largest absolute Gasteiger partial charge is 0.391 e. The van der Waals surface area contributed by atoms with Crippen LogP contribution in [-0.4, -0.2) is 52.4 Å². The normalized spacial score (nSPS) is 17.0. The molecule has 7 heteroatoms. The zero-order valence-corrected chi connectivity index (χ0v) is 14.1. The van der Waals surface area contributed by atoms with Gasteiger partial charge in [0.05, 0.1) is 6.10 Å². The molecule has 1 saturated heterocycles. The Morgan fingerprint density at radius 1 is 1.24 bits per heavy atom. The minimum absolute atomic E-state index is 0.220. The summed E-state index contributed by atoms with van der Waals surface area (Å²) in [5, 5.41) is 20.7. The standard InChI is InChI=1S/C18H23N3O4/c1-13(22)16(17(23)20-25)19-18(24)21-11-9-15(10-12-21)8-7-14-5-3-2-4-6-14/h2-6,13,15-16,22,25H,9-12H2,1H3,(H,19,24)(H,20,23)/t13-,16+/m1/s1. The van der Waals surface area contributed by atoms with Gasteiger partial charge < -0.3 is 15.3 Å². The zero-order valence-electron chi connectivity index (χ0n) is 14.1. The van der Waals surface area contributed by atoms with E-state index in [1.165, 1.54) is 12.4 Å². The zero-order chi connectivity index (χ0) is 18.2. The number of aliphatic hydroxyl groups is 1. The number of nitrogens with zero attached hydrogens (tertiary/aromatic N) is 1. The molecule has 2 atom stereocenters. The lowest BCUT2D eigenvalue weighted by molar-refractivity contribution is -0.133. The molecule has 1 heterocycles. The molecule has 1 fully saturated rings. The summed E-state index contributed by atoms with van der Waals surface area (Å²) in [5.41, 5.74) is 2.41. The molecule has 2 rings (SSSR count). The summed E-state index contributed by atoms with van der Waals surface area (Å²) >= 11 is 0. The number of hydrogen-bond donors (Lipinski definition) is 4. The Labute approximate surface area is 147 Å². The van der Waals surface area contributed by atoms with Gasteiger partial charge in [-0.1, -0.05) is 30.0 Å². The summed E-state index contributed by atoms with van der Waals surface area (Å²) in [4.78, 5) is 25.3. The highest BCUT2D eigenvalue weighted by Gasteiger charge is 2.29. The van der Waals surface area contributed by atoms with E-state index in [0.29, 0.717) is 13.1 Å². The number of likely N-dealkylation sites (tertiary alicyclic amines) is 1. The molecule has 0 bridgehead atoms. The van der Waals surface area contributed by atoms with Crippen molar-refractivity contribution in [1.82, 2.24) is 15.7 Å². The van der Waals surface area contributed by atoms with E-state index in [1.807, 2.05) is 30.3 Å². The number of urea groups is 1. The van der Waals surface area contributed by atoms with Crippen LogP contribution in [0.3, 0.4) is 0 Å². The molecule has 1 aromatic rings. The van der Waals surface area contributed by atoms with Crippen LogP contribution in [0, 0.1) is 17.8 Å². The molecule has 0 spiro atoms. The molecule has 0 saturated carbocycles. The highest BCUT2D eigenvalue weighted by atomic mass is 16.5. The molecule has 1 aromatic carbocycles. The molecule has 3 amide bonds. The van der Waals surface area contributed by atoms with Crippen molar-refractivity contribution >= 4 is 11.9 Å². The van der Waals surface area contributed by atoms with E-state index >= 15 is 0 Å². The van der Waals surface area contributed by atoms with Gasteiger partial charge in [-0.2, -0.15) is 0 Å². The van der Waals surface area contributed by atoms with E-state index in [-0.39, 0.29) is 5.92 Å². The minimum Gasteiger partial charge on any atom is -0.391 e. The van der Waals surface area contributed by atoms with Crippen molar-refractivity contribution in [3.8, 4) is 11.8 Å². The highest BCUT2D eigenvalue weighted by molar-refractivity contribution is 5.86. The Balaban J connectivity index is 1.86. The fraction of sp³-hybridized carbons (Fsp3) is 0.444. The van der Waals surface area contributed by atoms with E-state index in [0.717, 1.165) is 18.4 Å². The van der Waals surface area contributed by atoms with Crippen LogP contribution >= 0.6 is 0 Å². The van der Waals surface area contributed by atoms with Gasteiger partial charge in [-0.05, 0) is 31.9 Å². The van der Waals surface area contributed by atoms with Crippen LogP contribution in [0.15, 0.2) is 30.3 Å². The van der Waals surface area contributed by atoms with Crippen LogP contribution in [0.4, 0.5) is 4.79 Å². The first-order valence-electron chi connectivity index (χ1n) is 8.25. The maximum Gasteiger partial charge on any atom is 0.318 e. The van der Waals surface area contributed by atoms with Crippen LogP contribution in [0.2, 0.25) is 0 Å². The van der Waals surface area contributed by atoms with Crippen LogP contribution in [0.25, 0.3) is 0 Å². The third-order valence-electron chi connectivity index (χ3n) is 4.13. The SMILES string of the molecule is C[C@@H](O)[C@H](NC(=O)N1CCC(C#Cc2ccccc2)CC1)C(=O)NO. The predicted molar refractivity (Wildman–Crippen MR) is 91.5 cm³/mol. The van der Waals surface area contributed by atoms with Crippen LogP contribution in [0.1, 0.15) is 25.3 Å². The molecule has 0 radical (unpaired) electrons. The number of nitrogens with one attached hydrogen (secondary N) is 2. The lowest BCUT2D eigenvalue weighted by Gasteiger charge is -2.31. The molecule has 25 heavy (non-hydrogen) atoms. The molecule has 0 unspecified atom stereocenters. The number of benzene rings is 1. The molecule has 0 aromatic heterocycles. The number of piperidine rings is 1. The minimum atomic E-state index is -1.20. The fourth-order valence-corrected chi connectivity index (χ4v) is 2.63. The Morgan fingerprint density at radius 2 is 1.88 bits per heavy atom. The molecule has 1 aliphatic rings. The van der Waals surface area contributed by atoms with Crippen molar-refractivity contribution in [3.05, 3.63) is 35.9 Å². The quantitative estimate of drug-likeness (QED) is 0.368. The first-order valence-corrected chi connectivity index (χ1v) is 8.25. The molecule has 4 N–H and O–H groups in total. The maximum atomic E-state index is 12.2. The van der Waals surface area contributed by atoms with Crippen molar-refractivity contribution in [1.29, 1.82) is 0 Å².